The van der Waals surface area contributed by atoms with E-state index in [1.54, 1.807) is 12.1 Å². The molecule has 0 saturated carbocycles. The Hall–Kier alpha value is -1.72. The second-order valence-electron chi connectivity index (χ2n) is 8.61. The highest BCUT2D eigenvalue weighted by molar-refractivity contribution is 7.86. The van der Waals surface area contributed by atoms with Crippen LogP contribution in [0.2, 0.25) is 5.02 Å². The Balaban J connectivity index is 1.39. The first-order chi connectivity index (χ1) is 14.6. The third-order valence-corrected chi connectivity index (χ3v) is 8.80. The molecular formula is C20H28ClN5O4S. The van der Waals surface area contributed by atoms with Gasteiger partial charge in [-0.1, -0.05) is 11.6 Å². The molecule has 3 aliphatic rings. The van der Waals surface area contributed by atoms with Gasteiger partial charge in [0.25, 0.3) is 16.1 Å². The minimum absolute atomic E-state index is 0.0600. The summed E-state index contributed by atoms with van der Waals surface area (Å²) in [5, 5.41) is 5.97. The van der Waals surface area contributed by atoms with Gasteiger partial charge in [-0.15, -0.1) is 0 Å². The smallest absolute Gasteiger partial charge is 0.282 e. The normalized spacial score (nSPS) is 25.8. The van der Waals surface area contributed by atoms with E-state index in [-0.39, 0.29) is 41.4 Å². The van der Waals surface area contributed by atoms with E-state index >= 15 is 0 Å². The van der Waals surface area contributed by atoms with Crippen molar-refractivity contribution in [3.05, 3.63) is 28.3 Å². The summed E-state index contributed by atoms with van der Waals surface area (Å²) in [6.07, 6.45) is 2.60. The minimum atomic E-state index is -3.54. The summed E-state index contributed by atoms with van der Waals surface area (Å²) >= 11 is 6.26. The molecule has 0 bridgehead atoms. The fourth-order valence-electron chi connectivity index (χ4n) is 4.56. The summed E-state index contributed by atoms with van der Waals surface area (Å²) in [6.45, 7) is 3.10. The number of hydrogen-bond acceptors (Lipinski definition) is 5. The number of nitrogens with one attached hydrogen (secondary N) is 2. The Morgan fingerprint density at radius 3 is 2.61 bits per heavy atom. The third kappa shape index (κ3) is 4.58. The van der Waals surface area contributed by atoms with Crippen molar-refractivity contribution in [2.24, 2.45) is 5.73 Å². The molecule has 0 aromatic heterocycles. The minimum Gasteiger partial charge on any atom is -0.349 e. The first kappa shape index (κ1) is 22.5. The summed E-state index contributed by atoms with van der Waals surface area (Å²) in [7, 11) is -3.54. The van der Waals surface area contributed by atoms with Gasteiger partial charge in [-0.25, -0.2) is 0 Å². The first-order valence-corrected chi connectivity index (χ1v) is 12.4. The van der Waals surface area contributed by atoms with Crippen LogP contribution in [0.25, 0.3) is 0 Å². The van der Waals surface area contributed by atoms with Crippen LogP contribution in [0.1, 0.15) is 48.5 Å². The maximum Gasteiger partial charge on any atom is 0.282 e. The Morgan fingerprint density at radius 1 is 1.23 bits per heavy atom. The van der Waals surface area contributed by atoms with Crippen LogP contribution >= 0.6 is 11.6 Å². The molecule has 9 nitrogen and oxygen atoms in total. The second-order valence-corrected chi connectivity index (χ2v) is 10.9. The van der Waals surface area contributed by atoms with Crippen LogP contribution in [-0.2, 0) is 21.4 Å². The lowest BCUT2D eigenvalue weighted by Gasteiger charge is -2.40. The standard InChI is InChI=1S/C20H28ClN5O4S/c1-12-8-15(4-7-26(12)31(29,30)25-5-2-14(22)3-6-25)23-20(28)16-9-13-10-19(27)24-18(13)11-17(16)21/h9,11-12,14-15H,2-8,10,22H2,1H3,(H,23,28)(H,24,27)/t12-,15-/m0/s1. The fraction of sp³-hybridized carbons (Fsp3) is 0.600. The van der Waals surface area contributed by atoms with Crippen LogP contribution in [-0.4, -0.2) is 66.6 Å². The molecule has 3 aliphatic heterocycles. The van der Waals surface area contributed by atoms with Gasteiger partial charge >= 0.3 is 0 Å². The zero-order valence-electron chi connectivity index (χ0n) is 17.4. The number of halogens is 1. The molecule has 0 aliphatic carbocycles. The topological polar surface area (TPSA) is 125 Å². The monoisotopic (exact) mass is 469 g/mol. The molecular weight excluding hydrogens is 442 g/mol. The van der Waals surface area contributed by atoms with E-state index in [2.05, 4.69) is 10.6 Å². The van der Waals surface area contributed by atoms with Gasteiger partial charge in [-0.2, -0.15) is 17.0 Å². The largest absolute Gasteiger partial charge is 0.349 e. The Labute approximate surface area is 187 Å². The van der Waals surface area contributed by atoms with Gasteiger partial charge in [0.05, 0.1) is 17.0 Å². The molecule has 2 atom stereocenters. The maximum absolute atomic E-state index is 13.1. The number of nitrogens with two attached hydrogens (primary N) is 1. The van der Waals surface area contributed by atoms with E-state index in [1.165, 1.54) is 8.61 Å². The lowest BCUT2D eigenvalue weighted by molar-refractivity contribution is -0.115. The molecule has 2 saturated heterocycles. The quantitative estimate of drug-likeness (QED) is 0.608. The number of fused-ring (bicyclic) bond motifs is 1. The van der Waals surface area contributed by atoms with Crippen molar-refractivity contribution in [2.75, 3.05) is 25.0 Å². The van der Waals surface area contributed by atoms with Crippen LogP contribution in [0.5, 0.6) is 0 Å². The zero-order chi connectivity index (χ0) is 22.3. The molecule has 0 radical (unpaired) electrons. The van der Waals surface area contributed by atoms with Crippen LogP contribution < -0.4 is 16.4 Å². The third-order valence-electron chi connectivity index (χ3n) is 6.33. The van der Waals surface area contributed by atoms with Crippen molar-refractivity contribution in [3.8, 4) is 0 Å². The van der Waals surface area contributed by atoms with Gasteiger partial charge < -0.3 is 16.4 Å². The van der Waals surface area contributed by atoms with E-state index in [0.29, 0.717) is 56.6 Å². The highest BCUT2D eigenvalue weighted by Crippen LogP contribution is 2.30. The number of rotatable bonds is 4. The van der Waals surface area contributed by atoms with E-state index in [9.17, 15) is 18.0 Å². The first-order valence-electron chi connectivity index (χ1n) is 10.6. The van der Waals surface area contributed by atoms with Crippen molar-refractivity contribution in [2.45, 2.75) is 57.2 Å². The van der Waals surface area contributed by atoms with Gasteiger partial charge in [0.1, 0.15) is 0 Å². The molecule has 1 aromatic carbocycles. The lowest BCUT2D eigenvalue weighted by Crippen LogP contribution is -2.56. The number of piperidine rings is 2. The zero-order valence-corrected chi connectivity index (χ0v) is 19.0. The maximum atomic E-state index is 13.1. The predicted molar refractivity (Wildman–Crippen MR) is 118 cm³/mol. The van der Waals surface area contributed by atoms with Gasteiger partial charge in [-0.05, 0) is 50.3 Å². The summed E-state index contributed by atoms with van der Waals surface area (Å²) in [5.41, 5.74) is 7.61. The van der Waals surface area contributed by atoms with Gasteiger partial charge in [-0.3, -0.25) is 9.59 Å². The van der Waals surface area contributed by atoms with Crippen molar-refractivity contribution in [1.29, 1.82) is 0 Å². The molecule has 170 valence electrons. The van der Waals surface area contributed by atoms with Crippen molar-refractivity contribution in [3.63, 3.8) is 0 Å². The van der Waals surface area contributed by atoms with Crippen molar-refractivity contribution >= 4 is 39.3 Å². The SMILES string of the molecule is C[C@H]1C[C@@H](NC(=O)c2cc3c(cc2Cl)NC(=O)C3)CCN1S(=O)(=O)N1CCC(N)CC1. The summed E-state index contributed by atoms with van der Waals surface area (Å²) < 4.78 is 29.2. The van der Waals surface area contributed by atoms with Crippen molar-refractivity contribution < 1.29 is 18.0 Å². The average molecular weight is 470 g/mol. The molecule has 2 fully saturated rings. The highest BCUT2D eigenvalue weighted by Gasteiger charge is 2.38. The van der Waals surface area contributed by atoms with Crippen molar-refractivity contribution in [1.82, 2.24) is 13.9 Å². The van der Waals surface area contributed by atoms with Crippen LogP contribution in [0.3, 0.4) is 0 Å². The second kappa shape index (κ2) is 8.67. The Kier molecular flexibility index (Phi) is 6.28. The number of anilines is 1. The lowest BCUT2D eigenvalue weighted by atomic mass is 9.99. The number of carbonyl (C=O) groups excluding carboxylic acids is 2. The molecule has 1 aromatic rings. The molecule has 2 amide bonds. The molecule has 11 heteroatoms. The van der Waals surface area contributed by atoms with E-state index in [4.69, 9.17) is 17.3 Å². The Bertz CT molecular complexity index is 994. The molecule has 31 heavy (non-hydrogen) atoms. The number of amides is 2. The average Bonchev–Trinajstić information content (AvgIpc) is 3.06. The van der Waals surface area contributed by atoms with Gasteiger partial charge in [0.2, 0.25) is 5.91 Å². The summed E-state index contributed by atoms with van der Waals surface area (Å²) in [5.74, 6) is -0.438. The van der Waals surface area contributed by atoms with E-state index in [0.717, 1.165) is 5.56 Å². The molecule has 4 rings (SSSR count). The Morgan fingerprint density at radius 2 is 1.94 bits per heavy atom. The molecule has 4 N–H and O–H groups in total. The molecule has 3 heterocycles. The van der Waals surface area contributed by atoms with E-state index in [1.807, 2.05) is 6.92 Å². The van der Waals surface area contributed by atoms with Crippen LogP contribution in [0, 0.1) is 0 Å². The van der Waals surface area contributed by atoms with Crippen LogP contribution in [0.4, 0.5) is 5.69 Å². The fourth-order valence-corrected chi connectivity index (χ4v) is 6.66. The summed E-state index contributed by atoms with van der Waals surface area (Å²) in [6, 6.07) is 2.91. The number of hydrogen-bond donors (Lipinski definition) is 3. The van der Waals surface area contributed by atoms with Gasteiger partial charge in [0, 0.05) is 43.4 Å². The highest BCUT2D eigenvalue weighted by atomic mass is 35.5. The van der Waals surface area contributed by atoms with E-state index < -0.39 is 10.2 Å². The van der Waals surface area contributed by atoms with Gasteiger partial charge in [0.15, 0.2) is 0 Å². The number of nitrogens with zero attached hydrogens (tertiary/aromatic N) is 2. The molecule has 0 spiro atoms. The number of carbonyl (C=O) groups is 2. The predicted octanol–water partition coefficient (Wildman–Crippen LogP) is 1.09. The molecule has 0 unspecified atom stereocenters. The summed E-state index contributed by atoms with van der Waals surface area (Å²) in [4.78, 5) is 24.4. The number of benzene rings is 1. The van der Waals surface area contributed by atoms with Crippen LogP contribution in [0.15, 0.2) is 12.1 Å².